The summed E-state index contributed by atoms with van der Waals surface area (Å²) in [5, 5.41) is 17.5. The third-order valence-corrected chi connectivity index (χ3v) is 3.46. The minimum absolute atomic E-state index is 0.173. The van der Waals surface area contributed by atoms with Crippen molar-refractivity contribution < 1.29 is 19.1 Å². The fourth-order valence-electron chi connectivity index (χ4n) is 2.20. The molecule has 1 atom stereocenters. The summed E-state index contributed by atoms with van der Waals surface area (Å²) in [5.74, 6) is 0.112. The highest BCUT2D eigenvalue weighted by atomic mass is 35.5. The molecule has 0 saturated carbocycles. The summed E-state index contributed by atoms with van der Waals surface area (Å²) in [7, 11) is 3.11. The highest BCUT2D eigenvalue weighted by Crippen LogP contribution is 2.35. The van der Waals surface area contributed by atoms with Gasteiger partial charge >= 0.3 is 5.97 Å². The number of aromatic nitrogens is 2. The van der Waals surface area contributed by atoms with E-state index in [0.29, 0.717) is 28.1 Å². The molecule has 1 aromatic heterocycles. The van der Waals surface area contributed by atoms with Crippen LogP contribution in [-0.4, -0.2) is 40.3 Å². The van der Waals surface area contributed by atoms with Crippen molar-refractivity contribution in [2.45, 2.75) is 19.5 Å². The van der Waals surface area contributed by atoms with Gasteiger partial charge in [-0.3, -0.25) is 9.69 Å². The molecule has 1 aromatic carbocycles. The maximum Gasteiger partial charge on any atom is 0.325 e. The molecule has 0 aliphatic heterocycles. The Labute approximate surface area is 132 Å². The number of methoxy groups -OCH3 is 1. The summed E-state index contributed by atoms with van der Waals surface area (Å²) in [6.45, 7) is 1.84. The van der Waals surface area contributed by atoms with E-state index in [1.807, 2.05) is 0 Å². The number of halogens is 1. The topological polar surface area (TPSA) is 88.7 Å². The molecular weight excluding hydrogens is 310 g/mol. The van der Waals surface area contributed by atoms with Gasteiger partial charge in [-0.05, 0) is 19.2 Å². The number of aliphatic carboxylic acids is 1. The molecule has 1 N–H and O–H groups in total. The van der Waals surface area contributed by atoms with Gasteiger partial charge < -0.3 is 14.3 Å². The minimum Gasteiger partial charge on any atom is -0.496 e. The average Bonchev–Trinajstić information content (AvgIpc) is 2.85. The molecule has 0 aliphatic carbocycles. The first-order chi connectivity index (χ1) is 10.4. The molecule has 8 heteroatoms. The Morgan fingerprint density at radius 1 is 1.50 bits per heavy atom. The van der Waals surface area contributed by atoms with E-state index in [9.17, 15) is 9.90 Å². The zero-order chi connectivity index (χ0) is 16.3. The van der Waals surface area contributed by atoms with Crippen molar-refractivity contribution in [3.05, 3.63) is 40.6 Å². The number of hydrogen-bond acceptors (Lipinski definition) is 6. The van der Waals surface area contributed by atoms with E-state index in [1.54, 1.807) is 37.1 Å². The summed E-state index contributed by atoms with van der Waals surface area (Å²) < 4.78 is 10.5. The van der Waals surface area contributed by atoms with Crippen LogP contribution in [-0.2, 0) is 11.3 Å². The smallest absolute Gasteiger partial charge is 0.325 e. The van der Waals surface area contributed by atoms with Crippen LogP contribution in [0.25, 0.3) is 0 Å². The fourth-order valence-corrected chi connectivity index (χ4v) is 2.47. The first kappa shape index (κ1) is 16.3. The Bertz CT molecular complexity index is 674. The first-order valence-corrected chi connectivity index (χ1v) is 6.86. The van der Waals surface area contributed by atoms with Crippen molar-refractivity contribution in [1.29, 1.82) is 0 Å². The van der Waals surface area contributed by atoms with Crippen molar-refractivity contribution in [2.24, 2.45) is 0 Å². The zero-order valence-electron chi connectivity index (χ0n) is 12.4. The van der Waals surface area contributed by atoms with E-state index in [0.717, 1.165) is 0 Å². The lowest BCUT2D eigenvalue weighted by molar-refractivity contribution is -0.143. The molecule has 0 radical (unpaired) electrons. The van der Waals surface area contributed by atoms with Crippen LogP contribution in [0, 0.1) is 6.92 Å². The molecule has 22 heavy (non-hydrogen) atoms. The molecule has 0 fully saturated rings. The van der Waals surface area contributed by atoms with Crippen molar-refractivity contribution in [2.75, 3.05) is 14.2 Å². The summed E-state index contributed by atoms with van der Waals surface area (Å²) in [5.41, 5.74) is 0.387. The number of aryl methyl sites for hydroxylation is 1. The molecule has 0 spiro atoms. The van der Waals surface area contributed by atoms with Crippen molar-refractivity contribution >= 4 is 17.6 Å². The Morgan fingerprint density at radius 3 is 2.77 bits per heavy atom. The molecule has 0 unspecified atom stereocenters. The van der Waals surface area contributed by atoms with Gasteiger partial charge in [0.1, 0.15) is 11.8 Å². The Morgan fingerprint density at radius 2 is 2.23 bits per heavy atom. The van der Waals surface area contributed by atoms with Crippen molar-refractivity contribution in [1.82, 2.24) is 15.1 Å². The Hall–Kier alpha value is -2.12. The van der Waals surface area contributed by atoms with Gasteiger partial charge in [-0.1, -0.05) is 17.7 Å². The normalized spacial score (nSPS) is 12.4. The molecule has 7 nitrogen and oxygen atoms in total. The highest BCUT2D eigenvalue weighted by Gasteiger charge is 2.30. The summed E-state index contributed by atoms with van der Waals surface area (Å²) in [4.78, 5) is 13.3. The predicted octanol–water partition coefficient (Wildman–Crippen LogP) is 2.30. The number of carboxylic acid groups (broad SMARTS) is 1. The van der Waals surface area contributed by atoms with Gasteiger partial charge in [-0.15, -0.1) is 10.2 Å². The number of rotatable bonds is 6. The van der Waals surface area contributed by atoms with Gasteiger partial charge in [0.15, 0.2) is 0 Å². The van der Waals surface area contributed by atoms with E-state index >= 15 is 0 Å². The maximum atomic E-state index is 11.7. The van der Waals surface area contributed by atoms with E-state index in [-0.39, 0.29) is 6.54 Å². The van der Waals surface area contributed by atoms with Crippen LogP contribution in [0.4, 0.5) is 0 Å². The average molecular weight is 326 g/mol. The van der Waals surface area contributed by atoms with E-state index in [1.165, 1.54) is 7.11 Å². The molecular formula is C14H16ClN3O4. The lowest BCUT2D eigenvalue weighted by Gasteiger charge is -2.25. The molecule has 1 heterocycles. The summed E-state index contributed by atoms with van der Waals surface area (Å²) in [6, 6.07) is 3.99. The summed E-state index contributed by atoms with van der Waals surface area (Å²) >= 11 is 6.18. The lowest BCUT2D eigenvalue weighted by Crippen LogP contribution is -2.31. The number of hydrogen-bond donors (Lipinski definition) is 1. The van der Waals surface area contributed by atoms with Gasteiger partial charge in [0.05, 0.1) is 13.7 Å². The summed E-state index contributed by atoms with van der Waals surface area (Å²) in [6.07, 6.45) is 0. The van der Waals surface area contributed by atoms with E-state index < -0.39 is 12.0 Å². The Kier molecular flexibility index (Phi) is 4.99. The molecule has 2 rings (SSSR count). The number of nitrogens with zero attached hydrogens (tertiary/aromatic N) is 3. The number of benzene rings is 1. The third-order valence-electron chi connectivity index (χ3n) is 3.13. The van der Waals surface area contributed by atoms with Crippen LogP contribution < -0.4 is 4.74 Å². The van der Waals surface area contributed by atoms with E-state index in [4.69, 9.17) is 20.8 Å². The van der Waals surface area contributed by atoms with Crippen LogP contribution >= 0.6 is 11.6 Å². The van der Waals surface area contributed by atoms with Gasteiger partial charge in [0.2, 0.25) is 11.8 Å². The predicted molar refractivity (Wildman–Crippen MR) is 78.9 cm³/mol. The quantitative estimate of drug-likeness (QED) is 0.871. The van der Waals surface area contributed by atoms with E-state index in [2.05, 4.69) is 10.2 Å². The minimum atomic E-state index is -1.05. The lowest BCUT2D eigenvalue weighted by atomic mass is 10.0. The van der Waals surface area contributed by atoms with Crippen LogP contribution in [0.1, 0.15) is 23.4 Å². The molecule has 0 aliphatic rings. The molecule has 0 bridgehead atoms. The third kappa shape index (κ3) is 3.37. The van der Waals surface area contributed by atoms with Crippen molar-refractivity contribution in [3.63, 3.8) is 0 Å². The largest absolute Gasteiger partial charge is 0.496 e. The molecule has 2 aromatic rings. The van der Waals surface area contributed by atoms with Crippen LogP contribution in [0.3, 0.4) is 0 Å². The highest BCUT2D eigenvalue weighted by molar-refractivity contribution is 6.31. The van der Waals surface area contributed by atoms with Gasteiger partial charge in [0.25, 0.3) is 0 Å². The second-order valence-corrected chi connectivity index (χ2v) is 5.13. The van der Waals surface area contributed by atoms with Gasteiger partial charge in [-0.2, -0.15) is 0 Å². The monoisotopic (exact) mass is 325 g/mol. The SMILES string of the molecule is COc1cccc(Cl)c1[C@H](C(=O)O)N(C)Cc1nnc(C)o1. The second-order valence-electron chi connectivity index (χ2n) is 4.73. The molecule has 0 amide bonds. The standard InChI is InChI=1S/C14H16ClN3O4/c1-8-16-17-11(22-8)7-18(2)13(14(19)20)12-9(15)5-4-6-10(12)21-3/h4-6,13H,7H2,1-3H3,(H,19,20)/t13-/m1/s1. The van der Waals surface area contributed by atoms with Crippen LogP contribution in [0.15, 0.2) is 22.6 Å². The van der Waals surface area contributed by atoms with Gasteiger partial charge in [0, 0.05) is 17.5 Å². The van der Waals surface area contributed by atoms with Gasteiger partial charge in [-0.25, -0.2) is 0 Å². The fraction of sp³-hybridized carbons (Fsp3) is 0.357. The number of ether oxygens (including phenoxy) is 1. The maximum absolute atomic E-state index is 11.7. The molecule has 118 valence electrons. The van der Waals surface area contributed by atoms with Crippen molar-refractivity contribution in [3.8, 4) is 5.75 Å². The van der Waals surface area contributed by atoms with Crippen LogP contribution in [0.2, 0.25) is 5.02 Å². The Balaban J connectivity index is 2.36. The zero-order valence-corrected chi connectivity index (χ0v) is 13.2. The number of likely N-dealkylation sites (N-methyl/N-ethyl adjacent to an activating group) is 1. The second kappa shape index (κ2) is 6.76. The number of carboxylic acids is 1. The number of carbonyl (C=O) groups is 1. The molecule has 0 saturated heterocycles. The first-order valence-electron chi connectivity index (χ1n) is 6.48. The van der Waals surface area contributed by atoms with Crippen LogP contribution in [0.5, 0.6) is 5.75 Å².